The quantitative estimate of drug-likeness (QED) is 0.656. The van der Waals surface area contributed by atoms with E-state index in [1.165, 1.54) is 18.4 Å². The lowest BCUT2D eigenvalue weighted by molar-refractivity contribution is -0.141. The molecule has 0 fully saturated rings. The van der Waals surface area contributed by atoms with Crippen molar-refractivity contribution < 1.29 is 23.5 Å². The molecule has 0 aliphatic rings. The summed E-state index contributed by atoms with van der Waals surface area (Å²) in [6.07, 6.45) is 0. The monoisotopic (exact) mass is 374 g/mol. The van der Waals surface area contributed by atoms with Gasteiger partial charge in [0.25, 0.3) is 5.91 Å². The molecule has 0 aliphatic heterocycles. The molecule has 26 heavy (non-hydrogen) atoms. The van der Waals surface area contributed by atoms with Crippen LogP contribution in [-0.4, -0.2) is 30.7 Å². The second-order valence-corrected chi connectivity index (χ2v) is 6.63. The van der Waals surface area contributed by atoms with Gasteiger partial charge in [-0.2, -0.15) is 4.99 Å². The molecule has 1 amide bonds. The summed E-state index contributed by atoms with van der Waals surface area (Å²) in [7, 11) is 2.90. The van der Waals surface area contributed by atoms with Crippen molar-refractivity contribution in [2.24, 2.45) is 4.99 Å². The number of furan rings is 1. The highest BCUT2D eigenvalue weighted by molar-refractivity contribution is 7.16. The van der Waals surface area contributed by atoms with E-state index in [-0.39, 0.29) is 6.54 Å². The van der Waals surface area contributed by atoms with Crippen molar-refractivity contribution in [2.45, 2.75) is 20.4 Å². The van der Waals surface area contributed by atoms with E-state index in [1.54, 1.807) is 37.7 Å². The van der Waals surface area contributed by atoms with Crippen molar-refractivity contribution in [2.75, 3.05) is 14.2 Å². The maximum atomic E-state index is 12.6. The van der Waals surface area contributed by atoms with Gasteiger partial charge in [-0.15, -0.1) is 0 Å². The molecule has 0 unspecified atom stereocenters. The first-order chi connectivity index (χ1) is 12.4. The number of carbonyl (C=O) groups is 2. The van der Waals surface area contributed by atoms with Gasteiger partial charge in [-0.3, -0.25) is 9.59 Å². The highest BCUT2D eigenvalue weighted by atomic mass is 32.1. The van der Waals surface area contributed by atoms with Crippen LogP contribution in [0.25, 0.3) is 10.2 Å². The van der Waals surface area contributed by atoms with Gasteiger partial charge in [-0.05, 0) is 38.1 Å². The van der Waals surface area contributed by atoms with E-state index < -0.39 is 11.9 Å². The van der Waals surface area contributed by atoms with Gasteiger partial charge in [-0.1, -0.05) is 11.3 Å². The Morgan fingerprint density at radius 1 is 1.23 bits per heavy atom. The average molecular weight is 374 g/mol. The standard InChI is InChI=1S/C18H18N2O5S/c1-10-7-13(11(2)25-10)17(22)19-18-20(9-16(21)24-4)14-6-5-12(23-3)8-15(14)26-18/h5-8H,9H2,1-4H3. The number of rotatable bonds is 4. The van der Waals surface area contributed by atoms with E-state index in [1.807, 2.05) is 12.1 Å². The van der Waals surface area contributed by atoms with Crippen molar-refractivity contribution in [1.29, 1.82) is 0 Å². The Kier molecular flexibility index (Phi) is 4.94. The number of aromatic nitrogens is 1. The molecule has 0 bridgehead atoms. The van der Waals surface area contributed by atoms with Crippen molar-refractivity contribution >= 4 is 33.4 Å². The molecular weight excluding hydrogens is 356 g/mol. The van der Waals surface area contributed by atoms with E-state index >= 15 is 0 Å². The highest BCUT2D eigenvalue weighted by Gasteiger charge is 2.16. The topological polar surface area (TPSA) is 83.0 Å². The Bertz CT molecular complexity index is 1060. The lowest BCUT2D eigenvalue weighted by Crippen LogP contribution is -2.22. The molecule has 3 rings (SSSR count). The SMILES string of the molecule is COC(=O)Cn1c(=NC(=O)c2cc(C)oc2C)sc2cc(OC)ccc21. The molecule has 8 heteroatoms. The van der Waals surface area contributed by atoms with E-state index in [9.17, 15) is 9.59 Å². The fraction of sp³-hybridized carbons (Fsp3) is 0.278. The number of thiazole rings is 1. The Balaban J connectivity index is 2.16. The molecule has 0 spiro atoms. The molecule has 0 radical (unpaired) electrons. The van der Waals surface area contributed by atoms with Gasteiger partial charge in [0.1, 0.15) is 23.8 Å². The largest absolute Gasteiger partial charge is 0.497 e. The predicted octanol–water partition coefficient (Wildman–Crippen LogP) is 2.84. The zero-order valence-corrected chi connectivity index (χ0v) is 15.7. The third-order valence-electron chi connectivity index (χ3n) is 3.87. The van der Waals surface area contributed by atoms with Crippen LogP contribution in [-0.2, 0) is 16.1 Å². The third kappa shape index (κ3) is 3.41. The summed E-state index contributed by atoms with van der Waals surface area (Å²) in [4.78, 5) is 29.0. The molecule has 7 nitrogen and oxygen atoms in total. The number of hydrogen-bond acceptors (Lipinski definition) is 6. The van der Waals surface area contributed by atoms with Crippen molar-refractivity contribution in [3.05, 3.63) is 46.2 Å². The smallest absolute Gasteiger partial charge is 0.325 e. The van der Waals surface area contributed by atoms with Crippen molar-refractivity contribution in [3.8, 4) is 5.75 Å². The summed E-state index contributed by atoms with van der Waals surface area (Å²) >= 11 is 1.30. The van der Waals surface area contributed by atoms with Crippen LogP contribution in [0.15, 0.2) is 33.7 Å². The maximum Gasteiger partial charge on any atom is 0.325 e. The van der Waals surface area contributed by atoms with Gasteiger partial charge >= 0.3 is 5.97 Å². The van der Waals surface area contributed by atoms with Gasteiger partial charge < -0.3 is 18.5 Å². The Labute approximate surface area is 153 Å². The number of benzene rings is 1. The molecule has 0 atom stereocenters. The van der Waals surface area contributed by atoms with Crippen LogP contribution in [0.1, 0.15) is 21.9 Å². The molecule has 0 saturated carbocycles. The first-order valence-electron chi connectivity index (χ1n) is 7.83. The molecule has 1 aromatic carbocycles. The first-order valence-corrected chi connectivity index (χ1v) is 8.65. The van der Waals surface area contributed by atoms with Gasteiger partial charge in [0, 0.05) is 0 Å². The number of ether oxygens (including phenoxy) is 2. The molecule has 2 heterocycles. The fourth-order valence-electron chi connectivity index (χ4n) is 2.60. The number of aryl methyl sites for hydroxylation is 2. The second kappa shape index (κ2) is 7.17. The van der Waals surface area contributed by atoms with Gasteiger partial charge in [0.2, 0.25) is 0 Å². The van der Waals surface area contributed by atoms with Gasteiger partial charge in [-0.25, -0.2) is 0 Å². The Morgan fingerprint density at radius 2 is 2.00 bits per heavy atom. The zero-order valence-electron chi connectivity index (χ0n) is 14.9. The van der Waals surface area contributed by atoms with Crippen LogP contribution >= 0.6 is 11.3 Å². The minimum atomic E-state index is -0.426. The number of esters is 1. The lowest BCUT2D eigenvalue weighted by Gasteiger charge is -2.04. The predicted molar refractivity (Wildman–Crippen MR) is 96.5 cm³/mol. The molecule has 2 aromatic heterocycles. The first kappa shape index (κ1) is 17.9. The van der Waals surface area contributed by atoms with E-state index in [2.05, 4.69) is 4.99 Å². The molecule has 0 N–H and O–H groups in total. The summed E-state index contributed by atoms with van der Waals surface area (Å²) in [5.41, 5.74) is 1.18. The Hall–Kier alpha value is -2.87. The van der Waals surface area contributed by atoms with Crippen LogP contribution in [0.4, 0.5) is 0 Å². The minimum absolute atomic E-state index is 0.0433. The fourth-order valence-corrected chi connectivity index (χ4v) is 3.66. The van der Waals surface area contributed by atoms with Gasteiger partial charge in [0.05, 0.1) is 30.0 Å². The molecule has 0 saturated heterocycles. The van der Waals surface area contributed by atoms with Crippen LogP contribution in [0.5, 0.6) is 5.75 Å². The van der Waals surface area contributed by atoms with Crippen LogP contribution in [0, 0.1) is 13.8 Å². The number of fused-ring (bicyclic) bond motifs is 1. The minimum Gasteiger partial charge on any atom is -0.497 e. The average Bonchev–Trinajstić information content (AvgIpc) is 3.13. The molecule has 3 aromatic rings. The molecule has 0 aliphatic carbocycles. The summed E-state index contributed by atoms with van der Waals surface area (Å²) in [6.45, 7) is 3.44. The van der Waals surface area contributed by atoms with E-state index in [0.717, 1.165) is 10.2 Å². The van der Waals surface area contributed by atoms with E-state index in [4.69, 9.17) is 13.9 Å². The molecule has 136 valence electrons. The van der Waals surface area contributed by atoms with Crippen LogP contribution in [0.3, 0.4) is 0 Å². The number of methoxy groups -OCH3 is 2. The number of carbonyl (C=O) groups excluding carboxylic acids is 2. The van der Waals surface area contributed by atoms with Crippen molar-refractivity contribution in [1.82, 2.24) is 4.57 Å². The normalized spacial score (nSPS) is 11.8. The summed E-state index contributed by atoms with van der Waals surface area (Å²) in [6, 6.07) is 7.11. The Morgan fingerprint density at radius 3 is 2.62 bits per heavy atom. The zero-order chi connectivity index (χ0) is 18.8. The van der Waals surface area contributed by atoms with Crippen LogP contribution < -0.4 is 9.54 Å². The summed E-state index contributed by atoms with van der Waals surface area (Å²) in [5, 5.41) is 0. The number of amides is 1. The highest BCUT2D eigenvalue weighted by Crippen LogP contribution is 2.23. The van der Waals surface area contributed by atoms with Gasteiger partial charge in [0.15, 0.2) is 4.80 Å². The van der Waals surface area contributed by atoms with Crippen molar-refractivity contribution in [3.63, 3.8) is 0 Å². The number of hydrogen-bond donors (Lipinski definition) is 0. The van der Waals surface area contributed by atoms with Crippen LogP contribution in [0.2, 0.25) is 0 Å². The third-order valence-corrected chi connectivity index (χ3v) is 4.91. The maximum absolute atomic E-state index is 12.6. The number of nitrogens with zero attached hydrogens (tertiary/aromatic N) is 2. The lowest BCUT2D eigenvalue weighted by atomic mass is 10.2. The summed E-state index contributed by atoms with van der Waals surface area (Å²) in [5.74, 6) is 0.993. The molecular formula is C18H18N2O5S. The van der Waals surface area contributed by atoms with E-state index in [0.29, 0.717) is 27.6 Å². The second-order valence-electron chi connectivity index (χ2n) is 5.62. The summed E-state index contributed by atoms with van der Waals surface area (Å²) < 4.78 is 17.9.